The minimum atomic E-state index is -1.21. The number of nitrogens with zero attached hydrogens (tertiary/aromatic N) is 2. The molecule has 0 aromatic carbocycles. The van der Waals surface area contributed by atoms with Crippen molar-refractivity contribution < 1.29 is 24.2 Å². The fourth-order valence-electron chi connectivity index (χ4n) is 4.27. The van der Waals surface area contributed by atoms with Crippen LogP contribution in [0.1, 0.15) is 32.6 Å². The highest BCUT2D eigenvalue weighted by atomic mass is 16.5. The lowest BCUT2D eigenvalue weighted by Crippen LogP contribution is -2.58. The van der Waals surface area contributed by atoms with Gasteiger partial charge in [0.15, 0.2) is 0 Å². The van der Waals surface area contributed by atoms with Gasteiger partial charge in [0.1, 0.15) is 5.60 Å². The topological polar surface area (TPSA) is 87.2 Å². The number of amides is 2. The number of carbonyl (C=O) groups is 3. The Labute approximate surface area is 135 Å². The number of hydrogen-bond donors (Lipinski definition) is 1. The molecular formula is C16H24N2O5. The largest absolute Gasteiger partial charge is 0.459 e. The predicted molar refractivity (Wildman–Crippen MR) is 80.2 cm³/mol. The molecule has 1 heterocycles. The van der Waals surface area contributed by atoms with Crippen molar-refractivity contribution in [3.63, 3.8) is 0 Å². The normalized spacial score (nSPS) is 33.0. The monoisotopic (exact) mass is 324 g/mol. The SMILES string of the molecule is CCOC(=O)C(=O)N1CCN(C(=O)C2(O)CC3CCC2C3)CC1. The Hall–Kier alpha value is -1.63. The third-order valence-corrected chi connectivity index (χ3v) is 5.49. The molecular weight excluding hydrogens is 300 g/mol. The van der Waals surface area contributed by atoms with E-state index in [0.29, 0.717) is 38.5 Å². The van der Waals surface area contributed by atoms with Crippen molar-refractivity contribution in [2.45, 2.75) is 38.2 Å². The van der Waals surface area contributed by atoms with Crippen LogP contribution in [0.2, 0.25) is 0 Å². The van der Waals surface area contributed by atoms with E-state index in [1.165, 1.54) is 4.90 Å². The van der Waals surface area contributed by atoms with E-state index in [1.54, 1.807) is 11.8 Å². The molecule has 3 fully saturated rings. The van der Waals surface area contributed by atoms with Gasteiger partial charge in [0.25, 0.3) is 5.91 Å². The highest BCUT2D eigenvalue weighted by molar-refractivity contribution is 6.32. The minimum Gasteiger partial charge on any atom is -0.459 e. The minimum absolute atomic E-state index is 0.0826. The lowest BCUT2D eigenvalue weighted by molar-refractivity contribution is -0.164. The maximum absolute atomic E-state index is 12.7. The molecule has 2 bridgehead atoms. The van der Waals surface area contributed by atoms with Crippen LogP contribution in [0.15, 0.2) is 0 Å². The van der Waals surface area contributed by atoms with Crippen LogP contribution < -0.4 is 0 Å². The van der Waals surface area contributed by atoms with Crippen LogP contribution in [-0.2, 0) is 19.1 Å². The summed E-state index contributed by atoms with van der Waals surface area (Å²) in [6, 6.07) is 0. The summed E-state index contributed by atoms with van der Waals surface area (Å²) in [5.41, 5.74) is -1.21. The second-order valence-corrected chi connectivity index (χ2v) is 6.81. The number of rotatable bonds is 2. The van der Waals surface area contributed by atoms with Crippen LogP contribution in [0.4, 0.5) is 0 Å². The predicted octanol–water partition coefficient (Wildman–Crippen LogP) is -0.229. The fraction of sp³-hybridized carbons (Fsp3) is 0.812. The van der Waals surface area contributed by atoms with Crippen molar-refractivity contribution in [2.24, 2.45) is 11.8 Å². The summed E-state index contributed by atoms with van der Waals surface area (Å²) < 4.78 is 4.71. The summed E-state index contributed by atoms with van der Waals surface area (Å²) in [7, 11) is 0. The third-order valence-electron chi connectivity index (χ3n) is 5.49. The van der Waals surface area contributed by atoms with E-state index < -0.39 is 17.5 Å². The van der Waals surface area contributed by atoms with Crippen LogP contribution in [-0.4, -0.2) is 71.1 Å². The Balaban J connectivity index is 1.56. The van der Waals surface area contributed by atoms with Crippen molar-refractivity contribution in [3.8, 4) is 0 Å². The molecule has 0 aromatic rings. The first-order valence-corrected chi connectivity index (χ1v) is 8.43. The quantitative estimate of drug-likeness (QED) is 0.560. The number of aliphatic hydroxyl groups is 1. The van der Waals surface area contributed by atoms with Crippen molar-refractivity contribution in [2.75, 3.05) is 32.8 Å². The Bertz CT molecular complexity index is 515. The average Bonchev–Trinajstić information content (AvgIpc) is 3.15. The number of hydrogen-bond acceptors (Lipinski definition) is 5. The number of esters is 1. The van der Waals surface area contributed by atoms with Gasteiger partial charge in [-0.25, -0.2) is 4.79 Å². The van der Waals surface area contributed by atoms with Crippen molar-refractivity contribution in [1.82, 2.24) is 9.80 Å². The molecule has 7 heteroatoms. The van der Waals surface area contributed by atoms with E-state index >= 15 is 0 Å². The summed E-state index contributed by atoms with van der Waals surface area (Å²) in [5, 5.41) is 10.8. The molecule has 23 heavy (non-hydrogen) atoms. The number of piperazine rings is 1. The highest BCUT2D eigenvalue weighted by Crippen LogP contribution is 2.51. The van der Waals surface area contributed by atoms with Crippen LogP contribution in [0.25, 0.3) is 0 Å². The van der Waals surface area contributed by atoms with E-state index in [4.69, 9.17) is 4.74 Å². The molecule has 0 radical (unpaired) electrons. The Morgan fingerprint density at radius 3 is 2.30 bits per heavy atom. The summed E-state index contributed by atoms with van der Waals surface area (Å²) in [6.45, 7) is 3.12. The van der Waals surface area contributed by atoms with Crippen LogP contribution >= 0.6 is 0 Å². The molecule has 0 spiro atoms. The molecule has 2 aliphatic carbocycles. The summed E-state index contributed by atoms with van der Waals surface area (Å²) in [4.78, 5) is 39.1. The second kappa shape index (κ2) is 6.11. The first kappa shape index (κ1) is 16.2. The molecule has 1 aliphatic heterocycles. The lowest BCUT2D eigenvalue weighted by atomic mass is 9.83. The Morgan fingerprint density at radius 2 is 1.78 bits per heavy atom. The van der Waals surface area contributed by atoms with Crippen LogP contribution in [0, 0.1) is 11.8 Å². The van der Waals surface area contributed by atoms with Crippen LogP contribution in [0.3, 0.4) is 0 Å². The van der Waals surface area contributed by atoms with Gasteiger partial charge in [-0.15, -0.1) is 0 Å². The highest BCUT2D eigenvalue weighted by Gasteiger charge is 2.55. The van der Waals surface area contributed by atoms with E-state index in [9.17, 15) is 19.5 Å². The van der Waals surface area contributed by atoms with Gasteiger partial charge in [-0.3, -0.25) is 9.59 Å². The van der Waals surface area contributed by atoms with E-state index in [0.717, 1.165) is 19.3 Å². The van der Waals surface area contributed by atoms with E-state index in [-0.39, 0.29) is 18.4 Å². The molecule has 3 atom stereocenters. The Kier molecular flexibility index (Phi) is 4.31. The van der Waals surface area contributed by atoms with Gasteiger partial charge in [-0.05, 0) is 44.4 Å². The van der Waals surface area contributed by atoms with E-state index in [1.807, 2.05) is 0 Å². The zero-order valence-electron chi connectivity index (χ0n) is 13.5. The van der Waals surface area contributed by atoms with Gasteiger partial charge >= 0.3 is 11.9 Å². The molecule has 1 saturated heterocycles. The van der Waals surface area contributed by atoms with Gasteiger partial charge in [-0.1, -0.05) is 0 Å². The number of ether oxygens (including phenoxy) is 1. The molecule has 3 aliphatic rings. The maximum Gasteiger partial charge on any atom is 0.397 e. The smallest absolute Gasteiger partial charge is 0.397 e. The lowest BCUT2D eigenvalue weighted by Gasteiger charge is -2.40. The standard InChI is InChI=1S/C16H24N2O5/c1-2-23-14(20)13(19)17-5-7-18(8-6-17)15(21)16(22)10-11-3-4-12(16)9-11/h11-12,22H,2-10H2,1H3. The average molecular weight is 324 g/mol. The van der Waals surface area contributed by atoms with Gasteiger partial charge in [0, 0.05) is 26.2 Å². The fourth-order valence-corrected chi connectivity index (χ4v) is 4.27. The number of fused-ring (bicyclic) bond motifs is 2. The Morgan fingerprint density at radius 1 is 1.13 bits per heavy atom. The van der Waals surface area contributed by atoms with Gasteiger partial charge in [-0.2, -0.15) is 0 Å². The first-order valence-electron chi connectivity index (χ1n) is 8.43. The van der Waals surface area contributed by atoms with Gasteiger partial charge < -0.3 is 19.6 Å². The number of carbonyl (C=O) groups excluding carboxylic acids is 3. The van der Waals surface area contributed by atoms with Gasteiger partial charge in [0.2, 0.25) is 0 Å². The summed E-state index contributed by atoms with van der Waals surface area (Å²) in [6.07, 6.45) is 3.55. The molecule has 7 nitrogen and oxygen atoms in total. The summed E-state index contributed by atoms with van der Waals surface area (Å²) >= 11 is 0. The van der Waals surface area contributed by atoms with Crippen molar-refractivity contribution >= 4 is 17.8 Å². The molecule has 3 rings (SSSR count). The maximum atomic E-state index is 12.7. The van der Waals surface area contributed by atoms with Gasteiger partial charge in [0.05, 0.1) is 6.61 Å². The molecule has 2 saturated carbocycles. The van der Waals surface area contributed by atoms with Crippen molar-refractivity contribution in [3.05, 3.63) is 0 Å². The molecule has 2 amide bonds. The van der Waals surface area contributed by atoms with Crippen molar-refractivity contribution in [1.29, 1.82) is 0 Å². The second-order valence-electron chi connectivity index (χ2n) is 6.81. The zero-order valence-corrected chi connectivity index (χ0v) is 13.5. The first-order chi connectivity index (χ1) is 11.0. The molecule has 3 unspecified atom stereocenters. The third kappa shape index (κ3) is 2.82. The molecule has 0 aromatic heterocycles. The zero-order chi connectivity index (χ0) is 16.6. The summed E-state index contributed by atoms with van der Waals surface area (Å²) in [5.74, 6) is -1.15. The molecule has 128 valence electrons. The van der Waals surface area contributed by atoms with Crippen LogP contribution in [0.5, 0.6) is 0 Å². The molecule has 1 N–H and O–H groups in total. The van der Waals surface area contributed by atoms with E-state index in [2.05, 4.69) is 0 Å².